The molecule has 0 aliphatic heterocycles. The predicted molar refractivity (Wildman–Crippen MR) is 93.8 cm³/mol. The van der Waals surface area contributed by atoms with Crippen molar-refractivity contribution in [2.45, 2.75) is 11.4 Å². The molecule has 0 aliphatic carbocycles. The van der Waals surface area contributed by atoms with Gasteiger partial charge in [0.05, 0.1) is 16.5 Å². The number of benzene rings is 3. The van der Waals surface area contributed by atoms with E-state index in [1.54, 1.807) is 7.05 Å². The lowest BCUT2D eigenvalue weighted by atomic mass is 10.1. The molecular weight excluding hydrogens is 320 g/mol. The van der Waals surface area contributed by atoms with Gasteiger partial charge in [0.2, 0.25) is 10.0 Å². The Balaban J connectivity index is 1.86. The SMILES string of the molecule is CN(Cc1ccc2ccccc2c1)S(=O)(=O)c1ccc(C#N)cc1. The fourth-order valence-corrected chi connectivity index (χ4v) is 3.72. The molecule has 0 atom stereocenters. The van der Waals surface area contributed by atoms with Crippen LogP contribution in [0.1, 0.15) is 11.1 Å². The Kier molecular flexibility index (Phi) is 4.34. The van der Waals surface area contributed by atoms with Gasteiger partial charge in [0, 0.05) is 13.6 Å². The molecule has 3 aromatic rings. The molecule has 0 spiro atoms. The number of hydrogen-bond donors (Lipinski definition) is 0. The standard InChI is InChI=1S/C19H16N2O2S/c1-21(24(22,23)19-10-7-15(13-20)8-11-19)14-16-6-9-17-4-2-3-5-18(17)12-16/h2-12H,14H2,1H3. The van der Waals surface area contributed by atoms with Crippen LogP contribution in [-0.2, 0) is 16.6 Å². The van der Waals surface area contributed by atoms with Gasteiger partial charge in [0.25, 0.3) is 0 Å². The summed E-state index contributed by atoms with van der Waals surface area (Å²) in [6.45, 7) is 0.285. The van der Waals surface area contributed by atoms with Crippen LogP contribution in [0.3, 0.4) is 0 Å². The summed E-state index contributed by atoms with van der Waals surface area (Å²) in [4.78, 5) is 0.185. The smallest absolute Gasteiger partial charge is 0.207 e. The van der Waals surface area contributed by atoms with Crippen molar-refractivity contribution in [2.75, 3.05) is 7.05 Å². The Hall–Kier alpha value is -2.68. The van der Waals surface area contributed by atoms with Crippen molar-refractivity contribution in [3.8, 4) is 6.07 Å². The Morgan fingerprint density at radius 3 is 2.29 bits per heavy atom. The average molecular weight is 336 g/mol. The maximum absolute atomic E-state index is 12.6. The van der Waals surface area contributed by atoms with Crippen molar-refractivity contribution in [3.63, 3.8) is 0 Å². The average Bonchev–Trinajstić information content (AvgIpc) is 2.61. The highest BCUT2D eigenvalue weighted by molar-refractivity contribution is 7.89. The van der Waals surface area contributed by atoms with Gasteiger partial charge in [-0.3, -0.25) is 0 Å². The van der Waals surface area contributed by atoms with Crippen LogP contribution in [-0.4, -0.2) is 19.8 Å². The number of fused-ring (bicyclic) bond motifs is 1. The van der Waals surface area contributed by atoms with Crippen LogP contribution in [0.5, 0.6) is 0 Å². The van der Waals surface area contributed by atoms with E-state index in [1.807, 2.05) is 48.5 Å². The summed E-state index contributed by atoms with van der Waals surface area (Å²) in [6, 6.07) is 21.8. The van der Waals surface area contributed by atoms with Crippen LogP contribution in [0.15, 0.2) is 71.6 Å². The van der Waals surface area contributed by atoms with Gasteiger partial charge in [0.15, 0.2) is 0 Å². The Morgan fingerprint density at radius 2 is 1.62 bits per heavy atom. The second-order valence-corrected chi connectivity index (χ2v) is 7.62. The minimum absolute atomic E-state index is 0.185. The van der Waals surface area contributed by atoms with Gasteiger partial charge in [0.1, 0.15) is 0 Å². The van der Waals surface area contributed by atoms with E-state index in [4.69, 9.17) is 5.26 Å². The van der Waals surface area contributed by atoms with Crippen LogP contribution < -0.4 is 0 Å². The summed E-state index contributed by atoms with van der Waals surface area (Å²) in [6.07, 6.45) is 0. The molecule has 0 aromatic heterocycles. The minimum atomic E-state index is -3.59. The summed E-state index contributed by atoms with van der Waals surface area (Å²) < 4.78 is 26.6. The predicted octanol–water partition coefficient (Wildman–Crippen LogP) is 3.53. The van der Waals surface area contributed by atoms with Gasteiger partial charge in [-0.25, -0.2) is 8.42 Å². The highest BCUT2D eigenvalue weighted by atomic mass is 32.2. The molecule has 0 aliphatic rings. The lowest BCUT2D eigenvalue weighted by molar-refractivity contribution is 0.467. The van der Waals surface area contributed by atoms with Crippen LogP contribution in [0.2, 0.25) is 0 Å². The van der Waals surface area contributed by atoms with E-state index in [0.717, 1.165) is 16.3 Å². The van der Waals surface area contributed by atoms with E-state index in [-0.39, 0.29) is 11.4 Å². The molecule has 0 fully saturated rings. The Bertz CT molecular complexity index is 1020. The Morgan fingerprint density at radius 1 is 0.958 bits per heavy atom. The van der Waals surface area contributed by atoms with Gasteiger partial charge in [-0.15, -0.1) is 0 Å². The molecule has 0 heterocycles. The van der Waals surface area contributed by atoms with Crippen LogP contribution in [0, 0.1) is 11.3 Å². The molecule has 3 rings (SSSR count). The summed E-state index contributed by atoms with van der Waals surface area (Å²) in [5.74, 6) is 0. The summed E-state index contributed by atoms with van der Waals surface area (Å²) in [5, 5.41) is 11.0. The molecule has 3 aromatic carbocycles. The Labute approximate surface area is 141 Å². The second-order valence-electron chi connectivity index (χ2n) is 5.58. The molecular formula is C19H16N2O2S. The first-order valence-electron chi connectivity index (χ1n) is 7.45. The summed E-state index contributed by atoms with van der Waals surface area (Å²) in [7, 11) is -2.03. The topological polar surface area (TPSA) is 61.2 Å². The highest BCUT2D eigenvalue weighted by Crippen LogP contribution is 2.20. The first-order chi connectivity index (χ1) is 11.5. The van der Waals surface area contributed by atoms with E-state index >= 15 is 0 Å². The van der Waals surface area contributed by atoms with Gasteiger partial charge in [-0.1, -0.05) is 36.4 Å². The molecule has 0 N–H and O–H groups in total. The molecule has 0 radical (unpaired) electrons. The molecule has 0 bridgehead atoms. The maximum Gasteiger partial charge on any atom is 0.243 e. The number of nitrogens with zero attached hydrogens (tertiary/aromatic N) is 2. The van der Waals surface area contributed by atoms with Gasteiger partial charge in [-0.2, -0.15) is 9.57 Å². The monoisotopic (exact) mass is 336 g/mol. The zero-order valence-electron chi connectivity index (χ0n) is 13.2. The van der Waals surface area contributed by atoms with Crippen molar-refractivity contribution in [1.82, 2.24) is 4.31 Å². The molecule has 0 amide bonds. The zero-order valence-corrected chi connectivity index (χ0v) is 14.0. The van der Waals surface area contributed by atoms with E-state index in [0.29, 0.717) is 5.56 Å². The second kappa shape index (κ2) is 6.44. The molecule has 24 heavy (non-hydrogen) atoms. The number of hydrogen-bond acceptors (Lipinski definition) is 3. The molecule has 5 heteroatoms. The summed E-state index contributed by atoms with van der Waals surface area (Å²) in [5.41, 5.74) is 1.36. The summed E-state index contributed by atoms with van der Waals surface area (Å²) >= 11 is 0. The zero-order chi connectivity index (χ0) is 17.2. The number of rotatable bonds is 4. The lowest BCUT2D eigenvalue weighted by Crippen LogP contribution is -2.26. The van der Waals surface area contributed by atoms with E-state index in [2.05, 4.69) is 0 Å². The van der Waals surface area contributed by atoms with Gasteiger partial charge in [-0.05, 0) is 46.7 Å². The molecule has 120 valence electrons. The number of nitriles is 1. The van der Waals surface area contributed by atoms with Gasteiger partial charge < -0.3 is 0 Å². The maximum atomic E-state index is 12.6. The van der Waals surface area contributed by atoms with Crippen molar-refractivity contribution < 1.29 is 8.42 Å². The van der Waals surface area contributed by atoms with Crippen molar-refractivity contribution >= 4 is 20.8 Å². The molecule has 0 saturated heterocycles. The normalized spacial score (nSPS) is 11.5. The first-order valence-corrected chi connectivity index (χ1v) is 8.89. The third-order valence-corrected chi connectivity index (χ3v) is 5.73. The van der Waals surface area contributed by atoms with Crippen LogP contribution in [0.25, 0.3) is 10.8 Å². The van der Waals surface area contributed by atoms with E-state index in [9.17, 15) is 8.42 Å². The first kappa shape index (κ1) is 16.2. The van der Waals surface area contributed by atoms with Gasteiger partial charge >= 0.3 is 0 Å². The third-order valence-electron chi connectivity index (χ3n) is 3.91. The van der Waals surface area contributed by atoms with Crippen LogP contribution >= 0.6 is 0 Å². The largest absolute Gasteiger partial charge is 0.243 e. The van der Waals surface area contributed by atoms with E-state index in [1.165, 1.54) is 28.6 Å². The molecule has 0 unspecified atom stereocenters. The minimum Gasteiger partial charge on any atom is -0.207 e. The third kappa shape index (κ3) is 3.16. The van der Waals surface area contributed by atoms with Crippen molar-refractivity contribution in [1.29, 1.82) is 5.26 Å². The fraction of sp³-hybridized carbons (Fsp3) is 0.105. The number of sulfonamides is 1. The molecule has 0 saturated carbocycles. The molecule has 4 nitrogen and oxygen atoms in total. The van der Waals surface area contributed by atoms with Crippen LogP contribution in [0.4, 0.5) is 0 Å². The van der Waals surface area contributed by atoms with E-state index < -0.39 is 10.0 Å². The fourth-order valence-electron chi connectivity index (χ4n) is 2.56. The lowest BCUT2D eigenvalue weighted by Gasteiger charge is -2.17. The quantitative estimate of drug-likeness (QED) is 0.732. The van der Waals surface area contributed by atoms with Crippen molar-refractivity contribution in [3.05, 3.63) is 77.9 Å². The van der Waals surface area contributed by atoms with Crippen molar-refractivity contribution in [2.24, 2.45) is 0 Å². The highest BCUT2D eigenvalue weighted by Gasteiger charge is 2.20.